The van der Waals surface area contributed by atoms with E-state index in [-0.39, 0.29) is 11.8 Å². The number of amides is 2. The van der Waals surface area contributed by atoms with E-state index in [0.29, 0.717) is 12.1 Å². The summed E-state index contributed by atoms with van der Waals surface area (Å²) >= 11 is 0. The molecule has 0 saturated heterocycles. The molecule has 0 spiro atoms. The highest BCUT2D eigenvalue weighted by molar-refractivity contribution is 6.06. The van der Waals surface area contributed by atoms with Gasteiger partial charge >= 0.3 is 0 Å². The predicted molar refractivity (Wildman–Crippen MR) is 115 cm³/mol. The molecule has 28 heavy (non-hydrogen) atoms. The van der Waals surface area contributed by atoms with Crippen molar-refractivity contribution in [1.82, 2.24) is 5.32 Å². The Balaban J connectivity index is 1.84. The molecule has 3 rings (SSSR count). The Hall–Kier alpha value is -3.34. The Kier molecular flexibility index (Phi) is 5.94. The van der Waals surface area contributed by atoms with Crippen molar-refractivity contribution in [2.24, 2.45) is 0 Å². The summed E-state index contributed by atoms with van der Waals surface area (Å²) in [6.45, 7) is 4.37. The summed E-state index contributed by atoms with van der Waals surface area (Å²) in [4.78, 5) is 26.8. The third-order valence-corrected chi connectivity index (χ3v) is 4.75. The molecule has 144 valence electrons. The summed E-state index contributed by atoms with van der Waals surface area (Å²) in [6, 6.07) is 20.7. The van der Waals surface area contributed by atoms with Crippen molar-refractivity contribution in [3.8, 4) is 0 Å². The molecule has 0 aromatic heterocycles. The fourth-order valence-corrected chi connectivity index (χ4v) is 3.33. The summed E-state index contributed by atoms with van der Waals surface area (Å²) in [5, 5.41) is 7.98. The predicted octanol–water partition coefficient (Wildman–Crippen LogP) is 4.05. The number of nitrogens with one attached hydrogen (secondary N) is 2. The number of anilines is 2. The molecular weight excluding hydrogens is 350 g/mol. The van der Waals surface area contributed by atoms with Crippen molar-refractivity contribution in [3.05, 3.63) is 72.3 Å². The monoisotopic (exact) mass is 375 g/mol. The van der Waals surface area contributed by atoms with Crippen LogP contribution in [-0.2, 0) is 4.79 Å². The lowest BCUT2D eigenvalue weighted by atomic mass is 10.1. The normalized spacial score (nSPS) is 11.7. The molecule has 1 atom stereocenters. The first kappa shape index (κ1) is 19.4. The van der Waals surface area contributed by atoms with E-state index in [9.17, 15) is 9.59 Å². The number of carbonyl (C=O) groups is 2. The van der Waals surface area contributed by atoms with E-state index in [1.54, 1.807) is 30.1 Å². The van der Waals surface area contributed by atoms with Crippen molar-refractivity contribution in [1.29, 1.82) is 0 Å². The number of carbonyl (C=O) groups excluding carboxylic acids is 2. The molecule has 0 saturated carbocycles. The van der Waals surface area contributed by atoms with Gasteiger partial charge in [0.25, 0.3) is 5.91 Å². The maximum atomic E-state index is 13.2. The maximum Gasteiger partial charge on any atom is 0.251 e. The Morgan fingerprint density at radius 3 is 2.46 bits per heavy atom. The van der Waals surface area contributed by atoms with Crippen LogP contribution < -0.4 is 15.5 Å². The summed E-state index contributed by atoms with van der Waals surface area (Å²) in [6.07, 6.45) is 0. The molecule has 3 aromatic rings. The highest BCUT2D eigenvalue weighted by atomic mass is 16.2. The van der Waals surface area contributed by atoms with Crippen LogP contribution in [0.3, 0.4) is 0 Å². The molecule has 2 N–H and O–H groups in total. The van der Waals surface area contributed by atoms with E-state index < -0.39 is 6.04 Å². The van der Waals surface area contributed by atoms with Crippen LogP contribution >= 0.6 is 0 Å². The van der Waals surface area contributed by atoms with Crippen LogP contribution in [0.4, 0.5) is 11.4 Å². The number of nitrogens with zero attached hydrogens (tertiary/aromatic N) is 1. The fraction of sp³-hybridized carbons (Fsp3) is 0.217. The van der Waals surface area contributed by atoms with E-state index in [2.05, 4.69) is 10.6 Å². The highest BCUT2D eigenvalue weighted by Crippen LogP contribution is 2.27. The van der Waals surface area contributed by atoms with Crippen molar-refractivity contribution in [2.45, 2.75) is 19.9 Å². The van der Waals surface area contributed by atoms with Crippen LogP contribution in [0.15, 0.2) is 66.7 Å². The molecule has 0 heterocycles. The molecule has 0 fully saturated rings. The van der Waals surface area contributed by atoms with E-state index >= 15 is 0 Å². The number of hydrogen-bond acceptors (Lipinski definition) is 3. The smallest absolute Gasteiger partial charge is 0.251 e. The van der Waals surface area contributed by atoms with Crippen LogP contribution in [0.2, 0.25) is 0 Å². The Morgan fingerprint density at radius 1 is 1.00 bits per heavy atom. The van der Waals surface area contributed by atoms with Crippen molar-refractivity contribution in [2.75, 3.05) is 23.8 Å². The number of fused-ring (bicyclic) bond motifs is 1. The standard InChI is InChI=1S/C23H25N3O2/c1-4-26(21-14-8-10-17-9-5-6-13-20(17)21)23(28)16(2)25-19-12-7-11-18(15-19)22(27)24-3/h5-16,25H,4H2,1-3H3,(H,24,27)/t16-/m0/s1. The van der Waals surface area contributed by atoms with Gasteiger partial charge in [-0.1, -0.05) is 42.5 Å². The topological polar surface area (TPSA) is 61.4 Å². The molecular formula is C23H25N3O2. The molecule has 0 bridgehead atoms. The average molecular weight is 375 g/mol. The quantitative estimate of drug-likeness (QED) is 0.683. The zero-order valence-corrected chi connectivity index (χ0v) is 16.4. The Bertz CT molecular complexity index is 995. The van der Waals surface area contributed by atoms with Gasteiger partial charge in [-0.15, -0.1) is 0 Å². The lowest BCUT2D eigenvalue weighted by molar-refractivity contribution is -0.119. The van der Waals surface area contributed by atoms with Crippen molar-refractivity contribution >= 4 is 34.0 Å². The second-order valence-corrected chi connectivity index (χ2v) is 6.61. The van der Waals surface area contributed by atoms with Gasteiger partial charge in [0.2, 0.25) is 5.91 Å². The van der Waals surface area contributed by atoms with Gasteiger partial charge in [0.15, 0.2) is 0 Å². The first-order chi connectivity index (χ1) is 13.5. The molecule has 0 aliphatic carbocycles. The minimum atomic E-state index is -0.446. The summed E-state index contributed by atoms with van der Waals surface area (Å²) in [5.41, 5.74) is 2.18. The summed E-state index contributed by atoms with van der Waals surface area (Å²) < 4.78 is 0. The second kappa shape index (κ2) is 8.57. The van der Waals surface area contributed by atoms with Crippen LogP contribution in [0.5, 0.6) is 0 Å². The second-order valence-electron chi connectivity index (χ2n) is 6.61. The third-order valence-electron chi connectivity index (χ3n) is 4.75. The highest BCUT2D eigenvalue weighted by Gasteiger charge is 2.22. The van der Waals surface area contributed by atoms with E-state index in [1.165, 1.54) is 0 Å². The number of benzene rings is 3. The van der Waals surface area contributed by atoms with Gasteiger partial charge in [-0.3, -0.25) is 9.59 Å². The lowest BCUT2D eigenvalue weighted by Gasteiger charge is -2.27. The number of hydrogen-bond donors (Lipinski definition) is 2. The first-order valence-corrected chi connectivity index (χ1v) is 9.43. The van der Waals surface area contributed by atoms with Gasteiger partial charge in [0, 0.05) is 30.2 Å². The van der Waals surface area contributed by atoms with E-state index in [0.717, 1.165) is 22.1 Å². The molecule has 5 nitrogen and oxygen atoms in total. The fourth-order valence-electron chi connectivity index (χ4n) is 3.33. The third kappa shape index (κ3) is 3.98. The van der Waals surface area contributed by atoms with Gasteiger partial charge in [-0.25, -0.2) is 0 Å². The van der Waals surface area contributed by atoms with Crippen LogP contribution in [0.25, 0.3) is 10.8 Å². The van der Waals surface area contributed by atoms with Gasteiger partial charge < -0.3 is 15.5 Å². The molecule has 0 aliphatic rings. The minimum absolute atomic E-state index is 0.0239. The first-order valence-electron chi connectivity index (χ1n) is 9.43. The summed E-state index contributed by atoms with van der Waals surface area (Å²) in [5.74, 6) is -0.183. The Morgan fingerprint density at radius 2 is 1.71 bits per heavy atom. The Labute approximate surface area is 165 Å². The minimum Gasteiger partial charge on any atom is -0.374 e. The van der Waals surface area contributed by atoms with Gasteiger partial charge in [0.05, 0.1) is 5.69 Å². The van der Waals surface area contributed by atoms with E-state index in [4.69, 9.17) is 0 Å². The zero-order valence-electron chi connectivity index (χ0n) is 16.4. The maximum absolute atomic E-state index is 13.2. The van der Waals surface area contributed by atoms with Gasteiger partial charge in [-0.2, -0.15) is 0 Å². The zero-order chi connectivity index (χ0) is 20.1. The van der Waals surface area contributed by atoms with Crippen LogP contribution in [0, 0.1) is 0 Å². The molecule has 0 unspecified atom stereocenters. The SMILES string of the molecule is CCN(C(=O)[C@H](C)Nc1cccc(C(=O)NC)c1)c1cccc2ccccc12. The van der Waals surface area contributed by atoms with Crippen LogP contribution in [0.1, 0.15) is 24.2 Å². The van der Waals surface area contributed by atoms with Crippen LogP contribution in [-0.4, -0.2) is 31.4 Å². The van der Waals surface area contributed by atoms with Crippen molar-refractivity contribution in [3.63, 3.8) is 0 Å². The van der Waals surface area contributed by atoms with Gasteiger partial charge in [0.1, 0.15) is 6.04 Å². The lowest BCUT2D eigenvalue weighted by Crippen LogP contribution is -2.41. The molecule has 0 aliphatic heterocycles. The molecule has 5 heteroatoms. The molecule has 3 aromatic carbocycles. The number of likely N-dealkylation sites (N-methyl/N-ethyl adjacent to an activating group) is 1. The van der Waals surface area contributed by atoms with Gasteiger partial charge in [-0.05, 0) is 43.5 Å². The summed E-state index contributed by atoms with van der Waals surface area (Å²) in [7, 11) is 1.60. The average Bonchev–Trinajstić information content (AvgIpc) is 2.74. The molecule has 0 radical (unpaired) electrons. The number of rotatable bonds is 6. The largest absolute Gasteiger partial charge is 0.374 e. The van der Waals surface area contributed by atoms with Crippen molar-refractivity contribution < 1.29 is 9.59 Å². The molecule has 2 amide bonds. The van der Waals surface area contributed by atoms with E-state index in [1.807, 2.05) is 62.4 Å².